The van der Waals surface area contributed by atoms with Crippen LogP contribution in [0.25, 0.3) is 0 Å². The molecular formula is C27H47N5O6. The molecule has 2 rings (SSSR count). The number of ether oxygens (including phenoxy) is 1. The van der Waals surface area contributed by atoms with Gasteiger partial charge >= 0.3 is 6.03 Å². The normalized spacial score (nSPS) is 22.2. The van der Waals surface area contributed by atoms with Gasteiger partial charge in [0.1, 0.15) is 12.1 Å². The van der Waals surface area contributed by atoms with Gasteiger partial charge in [-0.2, -0.15) is 0 Å². The van der Waals surface area contributed by atoms with E-state index in [1.807, 2.05) is 48.5 Å². The number of amides is 5. The summed E-state index contributed by atoms with van der Waals surface area (Å²) >= 11 is 0. The maximum absolute atomic E-state index is 13.8. The van der Waals surface area contributed by atoms with Crippen LogP contribution in [-0.2, 0) is 23.9 Å². The summed E-state index contributed by atoms with van der Waals surface area (Å²) in [5, 5.41) is 8.51. The number of rotatable bonds is 11. The van der Waals surface area contributed by atoms with Gasteiger partial charge in [-0.25, -0.2) is 4.79 Å². The highest BCUT2D eigenvalue weighted by atomic mass is 16.5. The summed E-state index contributed by atoms with van der Waals surface area (Å²) in [4.78, 5) is 65.3. The van der Waals surface area contributed by atoms with Gasteiger partial charge in [0.2, 0.25) is 17.6 Å². The van der Waals surface area contributed by atoms with E-state index in [9.17, 15) is 24.0 Å². The van der Waals surface area contributed by atoms with Crippen LogP contribution in [0.2, 0.25) is 0 Å². The Labute approximate surface area is 226 Å². The number of nitrogens with one attached hydrogen (secondary N) is 3. The number of hydrogen-bond donors (Lipinski definition) is 4. The van der Waals surface area contributed by atoms with E-state index in [2.05, 4.69) is 16.0 Å². The topological polar surface area (TPSA) is 160 Å². The Hall–Kier alpha value is -2.69. The minimum absolute atomic E-state index is 0.0298. The van der Waals surface area contributed by atoms with Gasteiger partial charge in [0, 0.05) is 13.2 Å². The van der Waals surface area contributed by atoms with E-state index in [0.717, 1.165) is 12.8 Å². The summed E-state index contributed by atoms with van der Waals surface area (Å²) in [6.45, 7) is 14.3. The number of ketones is 1. The van der Waals surface area contributed by atoms with Crippen molar-refractivity contribution in [3.63, 3.8) is 0 Å². The number of primary amides is 1. The second kappa shape index (κ2) is 13.4. The highest BCUT2D eigenvalue weighted by molar-refractivity contribution is 6.37. The predicted molar refractivity (Wildman–Crippen MR) is 143 cm³/mol. The maximum atomic E-state index is 13.8. The molecule has 0 radical (unpaired) electrons. The van der Waals surface area contributed by atoms with Gasteiger partial charge in [-0.15, -0.1) is 0 Å². The zero-order chi connectivity index (χ0) is 28.8. The van der Waals surface area contributed by atoms with Crippen LogP contribution in [0, 0.1) is 17.3 Å². The highest BCUT2D eigenvalue weighted by Gasteiger charge is 2.43. The number of carbonyl (C=O) groups is 5. The molecule has 11 nitrogen and oxygen atoms in total. The zero-order valence-corrected chi connectivity index (χ0v) is 24.0. The summed E-state index contributed by atoms with van der Waals surface area (Å²) in [7, 11) is 0. The second-order valence-corrected chi connectivity index (χ2v) is 12.3. The molecule has 0 aromatic rings. The third kappa shape index (κ3) is 8.41. The number of nitrogens with two attached hydrogens (primary N) is 1. The van der Waals surface area contributed by atoms with Crippen LogP contribution in [0.3, 0.4) is 0 Å². The van der Waals surface area contributed by atoms with Gasteiger partial charge in [0.15, 0.2) is 0 Å². The molecule has 2 saturated heterocycles. The quantitative estimate of drug-likeness (QED) is 0.292. The van der Waals surface area contributed by atoms with Crippen LogP contribution < -0.4 is 21.7 Å². The first kappa shape index (κ1) is 31.5. The van der Waals surface area contributed by atoms with E-state index in [4.69, 9.17) is 10.5 Å². The van der Waals surface area contributed by atoms with Crippen LogP contribution in [0.15, 0.2) is 0 Å². The maximum Gasteiger partial charge on any atom is 0.315 e. The van der Waals surface area contributed by atoms with Crippen molar-refractivity contribution in [2.75, 3.05) is 13.2 Å². The molecule has 2 aliphatic heterocycles. The average molecular weight is 538 g/mol. The lowest BCUT2D eigenvalue weighted by Crippen LogP contribution is -2.61. The van der Waals surface area contributed by atoms with E-state index in [1.165, 1.54) is 4.90 Å². The molecular weight excluding hydrogens is 490 g/mol. The van der Waals surface area contributed by atoms with Crippen molar-refractivity contribution in [3.8, 4) is 0 Å². The molecule has 0 aliphatic carbocycles. The average Bonchev–Trinajstić information content (AvgIpc) is 3.50. The van der Waals surface area contributed by atoms with E-state index in [-0.39, 0.29) is 36.3 Å². The van der Waals surface area contributed by atoms with Crippen molar-refractivity contribution in [1.29, 1.82) is 0 Å². The Bertz CT molecular complexity index is 878. The lowest BCUT2D eigenvalue weighted by molar-refractivity contribution is -0.143. The largest absolute Gasteiger partial charge is 0.376 e. The molecule has 0 aromatic heterocycles. The van der Waals surface area contributed by atoms with Crippen LogP contribution in [0.1, 0.15) is 80.6 Å². The predicted octanol–water partition coefficient (Wildman–Crippen LogP) is 1.48. The fourth-order valence-electron chi connectivity index (χ4n) is 5.16. The SMILES string of the molecule is CC(C)CC(NC(=O)[C@@H]1CCCN1C(=O)C(NC(=O)NC(C(C)C)C1CCCO1)C(C)(C)C)C(=O)C(N)=O. The first-order valence-corrected chi connectivity index (χ1v) is 13.8. The Morgan fingerprint density at radius 3 is 2.13 bits per heavy atom. The third-order valence-electron chi connectivity index (χ3n) is 7.19. The molecule has 0 aromatic carbocycles. The van der Waals surface area contributed by atoms with Gasteiger partial charge in [-0.3, -0.25) is 19.2 Å². The van der Waals surface area contributed by atoms with Crippen molar-refractivity contribution in [3.05, 3.63) is 0 Å². The molecule has 5 N–H and O–H groups in total. The Morgan fingerprint density at radius 2 is 1.63 bits per heavy atom. The molecule has 216 valence electrons. The molecule has 5 atom stereocenters. The van der Waals surface area contributed by atoms with Crippen molar-refractivity contribution < 1.29 is 28.7 Å². The fourth-order valence-corrected chi connectivity index (χ4v) is 5.16. The number of nitrogens with zero attached hydrogens (tertiary/aromatic N) is 1. The molecule has 4 unspecified atom stereocenters. The summed E-state index contributed by atoms with van der Waals surface area (Å²) < 4.78 is 5.79. The molecule has 2 heterocycles. The Kier molecular flexibility index (Phi) is 11.1. The first-order chi connectivity index (χ1) is 17.6. The standard InChI is InChI=1S/C27H47N5O6/c1-15(2)14-17(21(33)23(28)34)29-24(35)18-10-8-12-32(18)25(36)22(27(5,6)7)31-26(37)30-20(16(3)4)19-11-9-13-38-19/h15-20,22H,8-14H2,1-7H3,(H2,28,34)(H,29,35)(H2,30,31,37)/t17?,18-,19?,20?,22?/m0/s1. The molecule has 2 fully saturated rings. The van der Waals surface area contributed by atoms with Crippen LogP contribution in [0.5, 0.6) is 0 Å². The monoisotopic (exact) mass is 537 g/mol. The summed E-state index contributed by atoms with van der Waals surface area (Å²) in [6.07, 6.45) is 3.00. The van der Waals surface area contributed by atoms with Crippen molar-refractivity contribution in [2.24, 2.45) is 23.0 Å². The van der Waals surface area contributed by atoms with Gasteiger partial charge in [-0.05, 0) is 49.4 Å². The number of likely N-dealkylation sites (tertiary alicyclic amines) is 1. The van der Waals surface area contributed by atoms with Crippen molar-refractivity contribution in [2.45, 2.75) is 111 Å². The Balaban J connectivity index is 2.16. The van der Waals surface area contributed by atoms with Crippen molar-refractivity contribution >= 4 is 29.5 Å². The molecule has 38 heavy (non-hydrogen) atoms. The van der Waals surface area contributed by atoms with Gasteiger partial charge < -0.3 is 31.3 Å². The molecule has 2 aliphatic rings. The van der Waals surface area contributed by atoms with Crippen molar-refractivity contribution in [1.82, 2.24) is 20.9 Å². The molecule has 5 amide bonds. The minimum atomic E-state index is -1.11. The second-order valence-electron chi connectivity index (χ2n) is 12.3. The summed E-state index contributed by atoms with van der Waals surface area (Å²) in [5.74, 6) is -2.68. The van der Waals surface area contributed by atoms with E-state index in [0.29, 0.717) is 26.0 Å². The number of urea groups is 1. The smallest absolute Gasteiger partial charge is 0.315 e. The number of carbonyl (C=O) groups excluding carboxylic acids is 5. The lowest BCUT2D eigenvalue weighted by Gasteiger charge is -2.36. The van der Waals surface area contributed by atoms with E-state index in [1.54, 1.807) is 0 Å². The summed E-state index contributed by atoms with van der Waals surface area (Å²) in [5.41, 5.74) is 4.54. The van der Waals surface area contributed by atoms with E-state index >= 15 is 0 Å². The van der Waals surface area contributed by atoms with Gasteiger partial charge in [0.25, 0.3) is 5.91 Å². The molecule has 0 saturated carbocycles. The van der Waals surface area contributed by atoms with Crippen LogP contribution in [-0.4, -0.2) is 77.9 Å². The zero-order valence-electron chi connectivity index (χ0n) is 24.0. The fraction of sp³-hybridized carbons (Fsp3) is 0.815. The van der Waals surface area contributed by atoms with Crippen LogP contribution >= 0.6 is 0 Å². The highest BCUT2D eigenvalue weighted by Crippen LogP contribution is 2.26. The van der Waals surface area contributed by atoms with Gasteiger partial charge in [-0.1, -0.05) is 48.5 Å². The molecule has 0 bridgehead atoms. The molecule has 0 spiro atoms. The number of Topliss-reactive ketones (excluding diaryl/α,β-unsaturated/α-hetero) is 1. The minimum Gasteiger partial charge on any atom is -0.376 e. The number of hydrogen-bond acceptors (Lipinski definition) is 6. The first-order valence-electron chi connectivity index (χ1n) is 13.8. The molecule has 11 heteroatoms. The third-order valence-corrected chi connectivity index (χ3v) is 7.19. The summed E-state index contributed by atoms with van der Waals surface area (Å²) in [6, 6.07) is -3.42. The Morgan fingerprint density at radius 1 is 0.974 bits per heavy atom. The van der Waals surface area contributed by atoms with Gasteiger partial charge in [0.05, 0.1) is 18.2 Å². The van der Waals surface area contributed by atoms with E-state index < -0.39 is 47.2 Å². The van der Waals surface area contributed by atoms with Crippen LogP contribution in [0.4, 0.5) is 4.79 Å². The lowest BCUT2D eigenvalue weighted by atomic mass is 9.85.